The first kappa shape index (κ1) is 18.1. The molecule has 0 nitrogen and oxygen atoms in total. The summed E-state index contributed by atoms with van der Waals surface area (Å²) in [6.07, 6.45) is 23.9. The predicted molar refractivity (Wildman–Crippen MR) is 92.2 cm³/mol. The van der Waals surface area contributed by atoms with Crippen molar-refractivity contribution in [3.63, 3.8) is 0 Å². The van der Waals surface area contributed by atoms with E-state index in [4.69, 9.17) is 0 Å². The molecule has 3 aliphatic carbocycles. The lowest BCUT2D eigenvalue weighted by Gasteiger charge is -2.15. The second kappa shape index (κ2) is 12.7. The topological polar surface area (TPSA) is 0 Å². The van der Waals surface area contributed by atoms with Gasteiger partial charge in [-0.05, 0) is 11.8 Å². The molecule has 0 saturated heterocycles. The van der Waals surface area contributed by atoms with Crippen molar-refractivity contribution in [1.29, 1.82) is 0 Å². The Kier molecular flexibility index (Phi) is 11.5. The van der Waals surface area contributed by atoms with Crippen molar-refractivity contribution < 1.29 is 0 Å². The Labute approximate surface area is 129 Å². The highest BCUT2D eigenvalue weighted by Gasteiger charge is 2.06. The van der Waals surface area contributed by atoms with Gasteiger partial charge in [0.25, 0.3) is 0 Å². The van der Waals surface area contributed by atoms with Gasteiger partial charge in [0, 0.05) is 0 Å². The van der Waals surface area contributed by atoms with Gasteiger partial charge in [0.15, 0.2) is 0 Å². The second-order valence-electron chi connectivity index (χ2n) is 7.61. The molecule has 3 fully saturated rings. The van der Waals surface area contributed by atoms with Crippen LogP contribution >= 0.6 is 0 Å². The summed E-state index contributed by atoms with van der Waals surface area (Å²) in [4.78, 5) is 0. The molecule has 20 heavy (non-hydrogen) atoms. The number of hydrogen-bond donors (Lipinski definition) is 0. The lowest BCUT2D eigenvalue weighted by atomic mass is 9.91. The lowest BCUT2D eigenvalue weighted by Crippen LogP contribution is -1.99. The Hall–Kier alpha value is 0. The van der Waals surface area contributed by atoms with E-state index in [1.807, 2.05) is 0 Å². The van der Waals surface area contributed by atoms with E-state index < -0.39 is 0 Å². The first-order valence-electron chi connectivity index (χ1n) is 9.79. The fourth-order valence-corrected chi connectivity index (χ4v) is 3.67. The van der Waals surface area contributed by atoms with Crippen molar-refractivity contribution >= 4 is 0 Å². The summed E-state index contributed by atoms with van der Waals surface area (Å²) >= 11 is 0. The van der Waals surface area contributed by atoms with E-state index in [-0.39, 0.29) is 0 Å². The van der Waals surface area contributed by atoms with Crippen molar-refractivity contribution in [2.75, 3.05) is 0 Å². The predicted octanol–water partition coefficient (Wildman–Crippen LogP) is 7.51. The largest absolute Gasteiger partial charge is 0.0625 e. The van der Waals surface area contributed by atoms with Crippen molar-refractivity contribution in [2.24, 2.45) is 11.8 Å². The van der Waals surface area contributed by atoms with Crippen LogP contribution in [0, 0.1) is 11.8 Å². The van der Waals surface area contributed by atoms with Crippen LogP contribution in [0.25, 0.3) is 0 Å². The summed E-state index contributed by atoms with van der Waals surface area (Å²) < 4.78 is 0. The minimum Gasteiger partial charge on any atom is -0.0625 e. The molecule has 3 saturated carbocycles. The van der Waals surface area contributed by atoms with Crippen molar-refractivity contribution in [2.45, 2.75) is 117 Å². The third-order valence-corrected chi connectivity index (χ3v) is 5.29. The third-order valence-electron chi connectivity index (χ3n) is 5.29. The minimum absolute atomic E-state index is 1.04. The maximum atomic E-state index is 2.36. The van der Waals surface area contributed by atoms with Gasteiger partial charge in [0.1, 0.15) is 0 Å². The molecule has 0 aliphatic heterocycles. The molecule has 0 bridgehead atoms. The van der Waals surface area contributed by atoms with Crippen LogP contribution in [0.3, 0.4) is 0 Å². The van der Waals surface area contributed by atoms with Crippen LogP contribution in [0.2, 0.25) is 0 Å². The molecule has 0 heteroatoms. The molecule has 0 spiro atoms. The molecular weight excluding hydrogens is 240 g/mol. The smallest absolute Gasteiger partial charge is 0.0443 e. The summed E-state index contributed by atoms with van der Waals surface area (Å²) in [6, 6.07) is 0. The fourth-order valence-electron chi connectivity index (χ4n) is 3.67. The monoisotopic (exact) mass is 280 g/mol. The molecule has 0 heterocycles. The average molecular weight is 281 g/mol. The Balaban J connectivity index is 0.000000151. The SMILES string of the molecule is C1CCCCC1.CC1CCCCC1.CC1CCCCC1. The van der Waals surface area contributed by atoms with E-state index in [2.05, 4.69) is 13.8 Å². The second-order valence-corrected chi connectivity index (χ2v) is 7.61. The van der Waals surface area contributed by atoms with Gasteiger partial charge in [-0.1, -0.05) is 117 Å². The summed E-state index contributed by atoms with van der Waals surface area (Å²) in [6.45, 7) is 4.72. The maximum absolute atomic E-state index is 2.36. The van der Waals surface area contributed by atoms with E-state index in [0.717, 1.165) is 11.8 Å². The average Bonchev–Trinajstić information content (AvgIpc) is 2.52. The Bertz CT molecular complexity index is 153. The summed E-state index contributed by atoms with van der Waals surface area (Å²) in [5.74, 6) is 2.07. The van der Waals surface area contributed by atoms with E-state index >= 15 is 0 Å². The van der Waals surface area contributed by atoms with Gasteiger partial charge in [-0.2, -0.15) is 0 Å². The molecule has 120 valence electrons. The molecule has 0 aromatic rings. The maximum Gasteiger partial charge on any atom is -0.0443 e. The lowest BCUT2D eigenvalue weighted by molar-refractivity contribution is 0.385. The molecule has 0 radical (unpaired) electrons. The fraction of sp³-hybridized carbons (Fsp3) is 1.00. The van der Waals surface area contributed by atoms with Crippen LogP contribution in [0.5, 0.6) is 0 Å². The molecule has 0 aromatic heterocycles. The van der Waals surface area contributed by atoms with Crippen LogP contribution in [-0.2, 0) is 0 Å². The Morgan fingerprint density at radius 1 is 0.350 bits per heavy atom. The summed E-state index contributed by atoms with van der Waals surface area (Å²) in [7, 11) is 0. The van der Waals surface area contributed by atoms with Gasteiger partial charge in [-0.25, -0.2) is 0 Å². The number of rotatable bonds is 0. The van der Waals surface area contributed by atoms with E-state index in [1.165, 1.54) is 103 Å². The zero-order valence-corrected chi connectivity index (χ0v) is 14.5. The number of hydrogen-bond acceptors (Lipinski definition) is 0. The normalized spacial score (nSPS) is 24.9. The van der Waals surface area contributed by atoms with Crippen LogP contribution in [0.15, 0.2) is 0 Å². The van der Waals surface area contributed by atoms with Gasteiger partial charge in [-0.15, -0.1) is 0 Å². The van der Waals surface area contributed by atoms with Crippen LogP contribution in [0.1, 0.15) is 117 Å². The minimum atomic E-state index is 1.04. The molecular formula is C20H40. The molecule has 0 amide bonds. The van der Waals surface area contributed by atoms with Gasteiger partial charge in [0.05, 0.1) is 0 Å². The highest BCUT2D eigenvalue weighted by atomic mass is 14.1. The first-order chi connectivity index (χ1) is 9.79. The highest BCUT2D eigenvalue weighted by molar-refractivity contribution is 4.60. The van der Waals surface area contributed by atoms with Gasteiger partial charge < -0.3 is 0 Å². The Morgan fingerprint density at radius 3 is 0.700 bits per heavy atom. The molecule has 0 aromatic carbocycles. The van der Waals surface area contributed by atoms with Crippen LogP contribution in [0.4, 0.5) is 0 Å². The van der Waals surface area contributed by atoms with Crippen LogP contribution in [-0.4, -0.2) is 0 Å². The first-order valence-corrected chi connectivity index (χ1v) is 9.79. The van der Waals surface area contributed by atoms with Crippen molar-refractivity contribution in [1.82, 2.24) is 0 Å². The molecule has 0 atom stereocenters. The zero-order chi connectivity index (χ0) is 14.5. The quantitative estimate of drug-likeness (QED) is 0.430. The van der Waals surface area contributed by atoms with Gasteiger partial charge in [0.2, 0.25) is 0 Å². The third kappa shape index (κ3) is 10.7. The molecule has 3 rings (SSSR count). The summed E-state index contributed by atoms with van der Waals surface area (Å²) in [5.41, 5.74) is 0. The molecule has 0 N–H and O–H groups in total. The zero-order valence-electron chi connectivity index (χ0n) is 14.5. The van der Waals surface area contributed by atoms with Crippen molar-refractivity contribution in [3.05, 3.63) is 0 Å². The molecule has 0 unspecified atom stereocenters. The van der Waals surface area contributed by atoms with Gasteiger partial charge in [-0.3, -0.25) is 0 Å². The summed E-state index contributed by atoms with van der Waals surface area (Å²) in [5, 5.41) is 0. The molecule has 3 aliphatic rings. The standard InChI is InChI=1S/2C7H14.C6H12/c2*1-7-5-3-2-4-6-7;1-2-4-6-5-3-1/h2*7H,2-6H2,1H3;1-6H2. The van der Waals surface area contributed by atoms with E-state index in [1.54, 1.807) is 0 Å². The van der Waals surface area contributed by atoms with E-state index in [9.17, 15) is 0 Å². The highest BCUT2D eigenvalue weighted by Crippen LogP contribution is 2.22. The van der Waals surface area contributed by atoms with Crippen LogP contribution < -0.4 is 0 Å². The van der Waals surface area contributed by atoms with Crippen molar-refractivity contribution in [3.8, 4) is 0 Å². The van der Waals surface area contributed by atoms with E-state index in [0.29, 0.717) is 0 Å². The Morgan fingerprint density at radius 2 is 0.550 bits per heavy atom. The van der Waals surface area contributed by atoms with Gasteiger partial charge >= 0.3 is 0 Å².